The van der Waals surface area contributed by atoms with E-state index in [0.717, 1.165) is 10.9 Å². The monoisotopic (exact) mass is 291 g/mol. The number of phenols is 2. The predicted octanol–water partition coefficient (Wildman–Crippen LogP) is 3.54. The van der Waals surface area contributed by atoms with Crippen molar-refractivity contribution in [1.29, 1.82) is 0 Å². The van der Waals surface area contributed by atoms with Crippen LogP contribution in [0.1, 0.15) is 16.1 Å². The van der Waals surface area contributed by atoms with Crippen LogP contribution in [0.25, 0.3) is 17.0 Å². The van der Waals surface area contributed by atoms with Gasteiger partial charge in [0.2, 0.25) is 0 Å². The molecule has 2 aromatic carbocycles. The summed E-state index contributed by atoms with van der Waals surface area (Å²) < 4.78 is 0. The number of benzene rings is 2. The quantitative estimate of drug-likeness (QED) is 0.440. The van der Waals surface area contributed by atoms with Crippen molar-refractivity contribution in [3.05, 3.63) is 71.9 Å². The first-order valence-corrected chi connectivity index (χ1v) is 6.74. The Morgan fingerprint density at radius 1 is 1.00 bits per heavy atom. The van der Waals surface area contributed by atoms with E-state index in [-0.39, 0.29) is 17.1 Å². The van der Waals surface area contributed by atoms with E-state index in [1.807, 2.05) is 36.4 Å². The largest absolute Gasteiger partial charge is 0.508 e. The fourth-order valence-electron chi connectivity index (χ4n) is 2.15. The molecule has 4 nitrogen and oxygen atoms in total. The van der Waals surface area contributed by atoms with E-state index < -0.39 is 5.78 Å². The number of pyridine rings is 1. The van der Waals surface area contributed by atoms with Crippen molar-refractivity contribution in [1.82, 2.24) is 4.98 Å². The zero-order valence-corrected chi connectivity index (χ0v) is 11.6. The Morgan fingerprint density at radius 2 is 1.82 bits per heavy atom. The summed E-state index contributed by atoms with van der Waals surface area (Å²) in [6.45, 7) is 0. The normalized spacial score (nSPS) is 11.1. The maximum Gasteiger partial charge on any atom is 0.189 e. The Hall–Kier alpha value is -3.14. The highest BCUT2D eigenvalue weighted by molar-refractivity contribution is 6.08. The number of phenolic OH excluding ortho intramolecular Hbond substituents is 2. The zero-order chi connectivity index (χ0) is 15.5. The molecule has 0 fully saturated rings. The van der Waals surface area contributed by atoms with Crippen molar-refractivity contribution in [3.8, 4) is 11.5 Å². The molecule has 22 heavy (non-hydrogen) atoms. The second-order valence-corrected chi connectivity index (χ2v) is 4.83. The Kier molecular flexibility index (Phi) is 3.58. The zero-order valence-electron chi connectivity index (χ0n) is 11.6. The molecule has 0 unspecified atom stereocenters. The summed E-state index contributed by atoms with van der Waals surface area (Å²) in [5.74, 6) is -0.638. The molecular formula is C18H13NO3. The third-order valence-corrected chi connectivity index (χ3v) is 3.27. The van der Waals surface area contributed by atoms with Gasteiger partial charge in [0.25, 0.3) is 0 Å². The Labute approximate surface area is 127 Å². The van der Waals surface area contributed by atoms with Crippen molar-refractivity contribution in [2.75, 3.05) is 0 Å². The smallest absolute Gasteiger partial charge is 0.189 e. The summed E-state index contributed by atoms with van der Waals surface area (Å²) in [6.07, 6.45) is 2.91. The van der Waals surface area contributed by atoms with E-state index in [2.05, 4.69) is 4.98 Å². The maximum absolute atomic E-state index is 12.1. The van der Waals surface area contributed by atoms with Gasteiger partial charge in [-0.1, -0.05) is 24.3 Å². The van der Waals surface area contributed by atoms with Gasteiger partial charge in [0, 0.05) is 5.39 Å². The molecule has 0 bridgehead atoms. The number of carbonyl (C=O) groups is 1. The van der Waals surface area contributed by atoms with Crippen LogP contribution in [0.3, 0.4) is 0 Å². The Balaban J connectivity index is 1.88. The standard InChI is InChI=1S/C18H13NO3/c20-14-8-10-18(22)15(11-14)17(21)9-7-13-6-5-12-3-1-2-4-16(12)19-13/h1-11,20,22H. The number of nitrogens with zero attached hydrogens (tertiary/aromatic N) is 1. The molecule has 0 atom stereocenters. The third-order valence-electron chi connectivity index (χ3n) is 3.27. The molecule has 0 spiro atoms. The lowest BCUT2D eigenvalue weighted by Crippen LogP contribution is -1.95. The van der Waals surface area contributed by atoms with Crippen LogP contribution in [0.15, 0.2) is 60.7 Å². The minimum Gasteiger partial charge on any atom is -0.508 e. The molecule has 3 aromatic rings. The highest BCUT2D eigenvalue weighted by atomic mass is 16.3. The van der Waals surface area contributed by atoms with Gasteiger partial charge in [-0.15, -0.1) is 0 Å². The molecule has 108 valence electrons. The first-order chi connectivity index (χ1) is 10.6. The molecular weight excluding hydrogens is 278 g/mol. The SMILES string of the molecule is O=C(C=Cc1ccc2ccccc2n1)c1cc(O)ccc1O. The van der Waals surface area contributed by atoms with Gasteiger partial charge in [-0.2, -0.15) is 0 Å². The Morgan fingerprint density at radius 3 is 2.68 bits per heavy atom. The number of ketones is 1. The molecule has 3 rings (SSSR count). The van der Waals surface area contributed by atoms with Crippen LogP contribution in [0.4, 0.5) is 0 Å². The number of para-hydroxylation sites is 1. The van der Waals surface area contributed by atoms with Crippen LogP contribution < -0.4 is 0 Å². The third kappa shape index (κ3) is 2.81. The second-order valence-electron chi connectivity index (χ2n) is 4.83. The van der Waals surface area contributed by atoms with Gasteiger partial charge >= 0.3 is 0 Å². The van der Waals surface area contributed by atoms with Gasteiger partial charge in [0.1, 0.15) is 11.5 Å². The van der Waals surface area contributed by atoms with Gasteiger partial charge in [-0.25, -0.2) is 4.98 Å². The number of allylic oxidation sites excluding steroid dienone is 1. The van der Waals surface area contributed by atoms with Crippen LogP contribution in [-0.2, 0) is 0 Å². The second kappa shape index (κ2) is 5.69. The summed E-state index contributed by atoms with van der Waals surface area (Å²) in [5.41, 5.74) is 1.54. The Bertz CT molecular complexity index is 884. The summed E-state index contributed by atoms with van der Waals surface area (Å²) in [6, 6.07) is 15.3. The molecule has 1 aromatic heterocycles. The fourth-order valence-corrected chi connectivity index (χ4v) is 2.15. The van der Waals surface area contributed by atoms with Crippen LogP contribution in [0.5, 0.6) is 11.5 Å². The lowest BCUT2D eigenvalue weighted by molar-refractivity contribution is 0.104. The van der Waals surface area contributed by atoms with Crippen molar-refractivity contribution in [3.63, 3.8) is 0 Å². The molecule has 0 saturated carbocycles. The van der Waals surface area contributed by atoms with Crippen molar-refractivity contribution < 1.29 is 15.0 Å². The van der Waals surface area contributed by atoms with Gasteiger partial charge < -0.3 is 10.2 Å². The number of aromatic hydroxyl groups is 2. The molecule has 0 amide bonds. The average Bonchev–Trinajstić information content (AvgIpc) is 2.54. The molecule has 4 heteroatoms. The molecule has 0 radical (unpaired) electrons. The van der Waals surface area contributed by atoms with E-state index in [9.17, 15) is 15.0 Å². The predicted molar refractivity (Wildman–Crippen MR) is 84.9 cm³/mol. The van der Waals surface area contributed by atoms with Gasteiger partial charge in [-0.05, 0) is 42.5 Å². The average molecular weight is 291 g/mol. The van der Waals surface area contributed by atoms with E-state index in [1.54, 1.807) is 6.08 Å². The van der Waals surface area contributed by atoms with E-state index in [1.165, 1.54) is 24.3 Å². The summed E-state index contributed by atoms with van der Waals surface area (Å²) in [4.78, 5) is 16.5. The summed E-state index contributed by atoms with van der Waals surface area (Å²) in [5, 5.41) is 20.1. The van der Waals surface area contributed by atoms with Gasteiger partial charge in [0.15, 0.2) is 5.78 Å². The van der Waals surface area contributed by atoms with Crippen LogP contribution in [0, 0.1) is 0 Å². The van der Waals surface area contributed by atoms with Crippen LogP contribution in [0.2, 0.25) is 0 Å². The molecule has 2 N–H and O–H groups in total. The number of rotatable bonds is 3. The molecule has 0 saturated heterocycles. The molecule has 0 aliphatic heterocycles. The minimum atomic E-state index is -0.400. The molecule has 0 aliphatic rings. The van der Waals surface area contributed by atoms with E-state index in [4.69, 9.17) is 0 Å². The van der Waals surface area contributed by atoms with Crippen molar-refractivity contribution >= 4 is 22.8 Å². The van der Waals surface area contributed by atoms with E-state index in [0.29, 0.717) is 5.69 Å². The topological polar surface area (TPSA) is 70.4 Å². The first-order valence-electron chi connectivity index (χ1n) is 6.74. The van der Waals surface area contributed by atoms with Gasteiger partial charge in [0.05, 0.1) is 16.8 Å². The van der Waals surface area contributed by atoms with Crippen LogP contribution >= 0.6 is 0 Å². The fraction of sp³-hybridized carbons (Fsp3) is 0. The number of hydrogen-bond donors (Lipinski definition) is 2. The maximum atomic E-state index is 12.1. The lowest BCUT2D eigenvalue weighted by Gasteiger charge is -2.01. The van der Waals surface area contributed by atoms with E-state index >= 15 is 0 Å². The summed E-state index contributed by atoms with van der Waals surface area (Å²) in [7, 11) is 0. The van der Waals surface area contributed by atoms with Crippen molar-refractivity contribution in [2.24, 2.45) is 0 Å². The number of fused-ring (bicyclic) bond motifs is 1. The number of carbonyl (C=O) groups excluding carboxylic acids is 1. The minimum absolute atomic E-state index is 0.0528. The van der Waals surface area contributed by atoms with Crippen LogP contribution in [-0.4, -0.2) is 21.0 Å². The molecule has 1 heterocycles. The van der Waals surface area contributed by atoms with Crippen molar-refractivity contribution in [2.45, 2.75) is 0 Å². The summed E-state index contributed by atoms with van der Waals surface area (Å²) >= 11 is 0. The lowest BCUT2D eigenvalue weighted by atomic mass is 10.1. The molecule has 0 aliphatic carbocycles. The number of hydrogen-bond acceptors (Lipinski definition) is 4. The highest BCUT2D eigenvalue weighted by Gasteiger charge is 2.09. The first kappa shape index (κ1) is 13.8. The highest BCUT2D eigenvalue weighted by Crippen LogP contribution is 2.23. The van der Waals surface area contributed by atoms with Gasteiger partial charge in [-0.3, -0.25) is 4.79 Å². The number of aromatic nitrogens is 1.